The average molecular weight is 229 g/mol. The maximum atomic E-state index is 12.8. The summed E-state index contributed by atoms with van der Waals surface area (Å²) >= 11 is 0. The zero-order valence-corrected chi connectivity index (χ0v) is 9.06. The predicted octanol–water partition coefficient (Wildman–Crippen LogP) is 2.91. The maximum absolute atomic E-state index is 12.8. The SMILES string of the molecule is CC1(N)CCc2cccc(C(F)(F)F)c2C1. The third-order valence-electron chi connectivity index (χ3n) is 3.12. The topological polar surface area (TPSA) is 26.0 Å². The molecule has 0 heterocycles. The Morgan fingerprint density at radius 3 is 2.62 bits per heavy atom. The summed E-state index contributed by atoms with van der Waals surface area (Å²) in [6, 6.07) is 4.38. The van der Waals surface area contributed by atoms with Gasteiger partial charge in [0.1, 0.15) is 0 Å². The van der Waals surface area contributed by atoms with Crippen LogP contribution in [-0.2, 0) is 19.0 Å². The van der Waals surface area contributed by atoms with E-state index >= 15 is 0 Å². The highest BCUT2D eigenvalue weighted by Gasteiger charge is 2.37. The van der Waals surface area contributed by atoms with E-state index in [1.165, 1.54) is 6.07 Å². The van der Waals surface area contributed by atoms with Crippen molar-refractivity contribution in [1.82, 2.24) is 0 Å². The van der Waals surface area contributed by atoms with Crippen LogP contribution in [0.3, 0.4) is 0 Å². The van der Waals surface area contributed by atoms with Gasteiger partial charge in [0.2, 0.25) is 0 Å². The molecule has 16 heavy (non-hydrogen) atoms. The van der Waals surface area contributed by atoms with Crippen molar-refractivity contribution in [3.8, 4) is 0 Å². The molecule has 2 N–H and O–H groups in total. The highest BCUT2D eigenvalue weighted by atomic mass is 19.4. The zero-order chi connectivity index (χ0) is 12.0. The summed E-state index contributed by atoms with van der Waals surface area (Å²) in [6.45, 7) is 1.81. The van der Waals surface area contributed by atoms with E-state index in [1.807, 2.05) is 6.92 Å². The molecule has 0 radical (unpaired) electrons. The van der Waals surface area contributed by atoms with Crippen LogP contribution in [-0.4, -0.2) is 5.54 Å². The first-order valence-electron chi connectivity index (χ1n) is 5.26. The second kappa shape index (κ2) is 3.48. The Kier molecular flexibility index (Phi) is 2.49. The summed E-state index contributed by atoms with van der Waals surface area (Å²) < 4.78 is 38.4. The normalized spacial score (nSPS) is 25.3. The molecular weight excluding hydrogens is 215 g/mol. The number of rotatable bonds is 0. The molecule has 1 atom stereocenters. The first-order chi connectivity index (χ1) is 7.30. The van der Waals surface area contributed by atoms with Gasteiger partial charge in [0.15, 0.2) is 0 Å². The lowest BCUT2D eigenvalue weighted by molar-refractivity contribution is -0.138. The quantitative estimate of drug-likeness (QED) is 0.727. The van der Waals surface area contributed by atoms with Crippen molar-refractivity contribution in [3.63, 3.8) is 0 Å². The number of alkyl halides is 3. The number of hydrogen-bond donors (Lipinski definition) is 1. The van der Waals surface area contributed by atoms with E-state index in [4.69, 9.17) is 5.73 Å². The zero-order valence-electron chi connectivity index (χ0n) is 9.06. The molecule has 1 aromatic rings. The van der Waals surface area contributed by atoms with Gasteiger partial charge in [0.05, 0.1) is 5.56 Å². The molecule has 0 bridgehead atoms. The van der Waals surface area contributed by atoms with Gasteiger partial charge in [0.25, 0.3) is 0 Å². The summed E-state index contributed by atoms with van der Waals surface area (Å²) in [6.07, 6.45) is -2.61. The fraction of sp³-hybridized carbons (Fsp3) is 0.500. The van der Waals surface area contributed by atoms with Crippen LogP contribution in [0.25, 0.3) is 0 Å². The van der Waals surface area contributed by atoms with E-state index in [9.17, 15) is 13.2 Å². The van der Waals surface area contributed by atoms with Crippen molar-refractivity contribution in [2.24, 2.45) is 5.73 Å². The monoisotopic (exact) mass is 229 g/mol. The molecule has 0 saturated heterocycles. The first kappa shape index (κ1) is 11.5. The maximum Gasteiger partial charge on any atom is 0.416 e. The fourth-order valence-corrected chi connectivity index (χ4v) is 2.26. The molecule has 0 fully saturated rings. The molecule has 1 nitrogen and oxygen atoms in total. The lowest BCUT2D eigenvalue weighted by Crippen LogP contribution is -2.42. The Bertz CT molecular complexity index is 407. The second-order valence-electron chi connectivity index (χ2n) is 4.77. The Morgan fingerprint density at radius 1 is 1.31 bits per heavy atom. The van der Waals surface area contributed by atoms with Gasteiger partial charge in [-0.15, -0.1) is 0 Å². The Labute approximate surface area is 92.5 Å². The summed E-state index contributed by atoms with van der Waals surface area (Å²) in [5.74, 6) is 0. The van der Waals surface area contributed by atoms with Crippen molar-refractivity contribution in [2.75, 3.05) is 0 Å². The van der Waals surface area contributed by atoms with Gasteiger partial charge in [-0.25, -0.2) is 0 Å². The largest absolute Gasteiger partial charge is 0.416 e. The van der Waals surface area contributed by atoms with E-state index in [1.54, 1.807) is 6.07 Å². The number of halogens is 3. The third-order valence-corrected chi connectivity index (χ3v) is 3.12. The molecule has 2 rings (SSSR count). The van der Waals surface area contributed by atoms with E-state index in [-0.39, 0.29) is 0 Å². The number of aryl methyl sites for hydroxylation is 1. The average Bonchev–Trinajstić information content (AvgIpc) is 2.13. The second-order valence-corrected chi connectivity index (χ2v) is 4.77. The van der Waals surface area contributed by atoms with Crippen molar-refractivity contribution in [2.45, 2.75) is 37.9 Å². The molecule has 0 spiro atoms. The molecule has 0 amide bonds. The summed E-state index contributed by atoms with van der Waals surface area (Å²) in [4.78, 5) is 0. The Balaban J connectivity index is 2.51. The summed E-state index contributed by atoms with van der Waals surface area (Å²) in [5, 5.41) is 0. The summed E-state index contributed by atoms with van der Waals surface area (Å²) in [5.41, 5.74) is 6.06. The predicted molar refractivity (Wildman–Crippen MR) is 56.1 cm³/mol. The smallest absolute Gasteiger partial charge is 0.325 e. The molecule has 0 aliphatic heterocycles. The van der Waals surface area contributed by atoms with Crippen LogP contribution in [0, 0.1) is 0 Å². The lowest BCUT2D eigenvalue weighted by atomic mass is 9.78. The molecule has 1 aliphatic carbocycles. The molecule has 0 saturated carbocycles. The summed E-state index contributed by atoms with van der Waals surface area (Å²) in [7, 11) is 0. The highest BCUT2D eigenvalue weighted by molar-refractivity contribution is 5.40. The fourth-order valence-electron chi connectivity index (χ4n) is 2.26. The minimum atomic E-state index is -4.28. The van der Waals surface area contributed by atoms with E-state index < -0.39 is 17.3 Å². The third kappa shape index (κ3) is 2.07. The van der Waals surface area contributed by atoms with E-state index in [0.717, 1.165) is 18.1 Å². The van der Waals surface area contributed by atoms with Crippen LogP contribution in [0.1, 0.15) is 30.0 Å². The number of benzene rings is 1. The van der Waals surface area contributed by atoms with E-state index in [0.29, 0.717) is 18.4 Å². The highest BCUT2D eigenvalue weighted by Crippen LogP contribution is 2.37. The van der Waals surface area contributed by atoms with Gasteiger partial charge < -0.3 is 5.73 Å². The van der Waals surface area contributed by atoms with Crippen molar-refractivity contribution in [3.05, 3.63) is 34.9 Å². The van der Waals surface area contributed by atoms with Gasteiger partial charge >= 0.3 is 6.18 Å². The lowest BCUT2D eigenvalue weighted by Gasteiger charge is -2.32. The van der Waals surface area contributed by atoms with Gasteiger partial charge in [-0.3, -0.25) is 0 Å². The number of fused-ring (bicyclic) bond motifs is 1. The Morgan fingerprint density at radius 2 is 2.00 bits per heavy atom. The van der Waals surface area contributed by atoms with Crippen LogP contribution >= 0.6 is 0 Å². The Hall–Kier alpha value is -1.03. The van der Waals surface area contributed by atoms with Crippen molar-refractivity contribution in [1.29, 1.82) is 0 Å². The van der Waals surface area contributed by atoms with Gasteiger partial charge in [-0.1, -0.05) is 12.1 Å². The molecule has 4 heteroatoms. The molecule has 1 aliphatic rings. The van der Waals surface area contributed by atoms with Crippen LogP contribution in [0.5, 0.6) is 0 Å². The van der Waals surface area contributed by atoms with Crippen LogP contribution in [0.2, 0.25) is 0 Å². The van der Waals surface area contributed by atoms with Gasteiger partial charge in [-0.2, -0.15) is 13.2 Å². The molecule has 1 aromatic carbocycles. The molecular formula is C12H14F3N. The van der Waals surface area contributed by atoms with Crippen LogP contribution in [0.4, 0.5) is 13.2 Å². The van der Waals surface area contributed by atoms with E-state index in [2.05, 4.69) is 0 Å². The van der Waals surface area contributed by atoms with Crippen LogP contribution in [0.15, 0.2) is 18.2 Å². The van der Waals surface area contributed by atoms with Crippen molar-refractivity contribution >= 4 is 0 Å². The minimum absolute atomic E-state index is 0.304. The van der Waals surface area contributed by atoms with Crippen molar-refractivity contribution < 1.29 is 13.2 Å². The number of nitrogens with two attached hydrogens (primary N) is 1. The first-order valence-corrected chi connectivity index (χ1v) is 5.26. The molecule has 88 valence electrons. The minimum Gasteiger partial charge on any atom is -0.325 e. The van der Waals surface area contributed by atoms with Gasteiger partial charge in [0, 0.05) is 5.54 Å². The van der Waals surface area contributed by atoms with Gasteiger partial charge in [-0.05, 0) is 43.4 Å². The molecule has 1 unspecified atom stereocenters. The van der Waals surface area contributed by atoms with Crippen LogP contribution < -0.4 is 5.73 Å². The standard InChI is InChI=1S/C12H14F3N/c1-11(16)6-5-8-3-2-4-10(9(8)7-11)12(13,14)15/h2-4H,5-7,16H2,1H3. The number of hydrogen-bond acceptors (Lipinski definition) is 1. The molecule has 0 aromatic heterocycles.